The van der Waals surface area contributed by atoms with E-state index in [2.05, 4.69) is 33.4 Å². The van der Waals surface area contributed by atoms with Crippen LogP contribution in [0.15, 0.2) is 48.5 Å². The summed E-state index contributed by atoms with van der Waals surface area (Å²) in [7, 11) is 0. The number of aryl methyl sites for hydroxylation is 1. The summed E-state index contributed by atoms with van der Waals surface area (Å²) < 4.78 is 1.73. The van der Waals surface area contributed by atoms with Crippen LogP contribution >= 0.6 is 11.3 Å². The fourth-order valence-electron chi connectivity index (χ4n) is 3.04. The van der Waals surface area contributed by atoms with Crippen molar-refractivity contribution in [3.05, 3.63) is 58.3 Å². The van der Waals surface area contributed by atoms with E-state index in [0.29, 0.717) is 32.1 Å². The molecule has 27 heavy (non-hydrogen) atoms. The molecule has 3 heterocycles. The number of rotatable bonds is 4. The van der Waals surface area contributed by atoms with Gasteiger partial charge in [-0.1, -0.05) is 23.3 Å². The van der Waals surface area contributed by atoms with Crippen LogP contribution in [0.5, 0.6) is 0 Å². The van der Waals surface area contributed by atoms with Gasteiger partial charge in [0.1, 0.15) is 0 Å². The van der Waals surface area contributed by atoms with Crippen LogP contribution in [-0.4, -0.2) is 57.2 Å². The highest BCUT2D eigenvalue weighted by Gasteiger charge is 2.23. The minimum atomic E-state index is 0.0448. The summed E-state index contributed by atoms with van der Waals surface area (Å²) in [6, 6.07) is 13.9. The quantitative estimate of drug-likeness (QED) is 0.650. The van der Waals surface area contributed by atoms with Crippen molar-refractivity contribution in [3.63, 3.8) is 0 Å². The van der Waals surface area contributed by atoms with Gasteiger partial charge in [-0.25, -0.2) is 0 Å². The maximum Gasteiger partial charge on any atom is 0.250 e. The number of carbonyl (C=O) groups is 1. The smallest absolute Gasteiger partial charge is 0.250 e. The summed E-state index contributed by atoms with van der Waals surface area (Å²) >= 11 is 1.68. The van der Waals surface area contributed by atoms with Crippen molar-refractivity contribution in [1.82, 2.24) is 25.1 Å². The van der Waals surface area contributed by atoms with Gasteiger partial charge in [0.05, 0.1) is 5.69 Å². The minimum Gasteiger partial charge on any atom is -0.336 e. The van der Waals surface area contributed by atoms with Gasteiger partial charge in [0.25, 0.3) is 0 Å². The van der Waals surface area contributed by atoms with Crippen molar-refractivity contribution in [2.24, 2.45) is 0 Å². The van der Waals surface area contributed by atoms with E-state index < -0.39 is 0 Å². The Morgan fingerprint density at radius 2 is 1.85 bits per heavy atom. The zero-order valence-electron chi connectivity index (χ0n) is 15.0. The number of nitrogens with zero attached hydrogens (tertiary/aromatic N) is 6. The van der Waals surface area contributed by atoms with E-state index in [9.17, 15) is 4.79 Å². The van der Waals surface area contributed by atoms with E-state index in [1.54, 1.807) is 22.1 Å². The molecule has 0 aliphatic carbocycles. The first kappa shape index (κ1) is 17.4. The molecule has 1 amide bonds. The van der Waals surface area contributed by atoms with E-state index in [4.69, 9.17) is 0 Å². The molecule has 3 aromatic rings. The zero-order valence-corrected chi connectivity index (χ0v) is 15.8. The largest absolute Gasteiger partial charge is 0.336 e. The van der Waals surface area contributed by atoms with Crippen LogP contribution in [-0.2, 0) is 4.79 Å². The van der Waals surface area contributed by atoms with Gasteiger partial charge >= 0.3 is 0 Å². The Hall–Kier alpha value is -3.00. The lowest BCUT2D eigenvalue weighted by atomic mass is 10.3. The van der Waals surface area contributed by atoms with Gasteiger partial charge in [-0.3, -0.25) is 4.79 Å². The average Bonchev–Trinajstić information content (AvgIpc) is 3.36. The van der Waals surface area contributed by atoms with Crippen molar-refractivity contribution in [1.29, 1.82) is 0 Å². The summed E-state index contributed by atoms with van der Waals surface area (Å²) in [6.45, 7) is 4.75. The number of para-hydroxylation sites is 1. The highest BCUT2D eigenvalue weighted by Crippen LogP contribution is 2.18. The van der Waals surface area contributed by atoms with Gasteiger partial charge < -0.3 is 9.80 Å². The predicted molar refractivity (Wildman–Crippen MR) is 106 cm³/mol. The van der Waals surface area contributed by atoms with Crippen LogP contribution in [0.4, 0.5) is 5.95 Å². The van der Waals surface area contributed by atoms with Gasteiger partial charge in [-0.15, -0.1) is 11.3 Å². The second-order valence-electron chi connectivity index (χ2n) is 6.32. The number of benzene rings is 1. The number of amides is 1. The topological polar surface area (TPSA) is 67.2 Å². The third-order valence-electron chi connectivity index (χ3n) is 4.48. The Morgan fingerprint density at radius 1 is 1.07 bits per heavy atom. The molecule has 1 aliphatic rings. The lowest BCUT2D eigenvalue weighted by Gasteiger charge is -2.34. The average molecular weight is 380 g/mol. The summed E-state index contributed by atoms with van der Waals surface area (Å²) in [5.41, 5.74) is 0.921. The number of piperazine rings is 1. The highest BCUT2D eigenvalue weighted by atomic mass is 32.1. The Morgan fingerprint density at radius 3 is 2.56 bits per heavy atom. The first-order chi connectivity index (χ1) is 13.2. The molecule has 1 aliphatic heterocycles. The van der Waals surface area contributed by atoms with Crippen molar-refractivity contribution in [3.8, 4) is 5.69 Å². The van der Waals surface area contributed by atoms with Crippen LogP contribution in [0, 0.1) is 6.92 Å². The standard InChI is InChI=1S/C19H20N6OS/c1-15-7-8-17(27-15)9-10-18(26)23-11-13-24(14-12-23)19-20-21-22-25(19)16-5-3-2-4-6-16/h2-10H,11-14H2,1H3/b10-9+. The van der Waals surface area contributed by atoms with E-state index in [0.717, 1.165) is 10.6 Å². The summed E-state index contributed by atoms with van der Waals surface area (Å²) in [5.74, 6) is 0.751. The van der Waals surface area contributed by atoms with Crippen molar-refractivity contribution < 1.29 is 4.79 Å². The number of thiophene rings is 1. The molecule has 1 aromatic carbocycles. The third-order valence-corrected chi connectivity index (χ3v) is 5.45. The molecule has 0 atom stereocenters. The number of carbonyl (C=O) groups excluding carboxylic acids is 1. The molecular formula is C19H20N6OS. The number of aromatic nitrogens is 4. The second kappa shape index (κ2) is 7.71. The SMILES string of the molecule is Cc1ccc(/C=C/C(=O)N2CCN(c3nnnn3-c3ccccc3)CC2)s1. The molecule has 1 saturated heterocycles. The summed E-state index contributed by atoms with van der Waals surface area (Å²) in [6.07, 6.45) is 3.55. The predicted octanol–water partition coefficient (Wildman–Crippen LogP) is 2.39. The second-order valence-corrected chi connectivity index (χ2v) is 7.64. The van der Waals surface area contributed by atoms with Crippen LogP contribution in [0.3, 0.4) is 0 Å². The molecule has 0 spiro atoms. The van der Waals surface area contributed by atoms with Gasteiger partial charge in [0.15, 0.2) is 0 Å². The van der Waals surface area contributed by atoms with Crippen LogP contribution in [0.2, 0.25) is 0 Å². The molecule has 138 valence electrons. The molecule has 8 heteroatoms. The van der Waals surface area contributed by atoms with Crippen molar-refractivity contribution in [2.45, 2.75) is 6.92 Å². The maximum absolute atomic E-state index is 12.4. The van der Waals surface area contributed by atoms with Crippen LogP contribution in [0.1, 0.15) is 9.75 Å². The zero-order chi connectivity index (χ0) is 18.6. The Balaban J connectivity index is 1.39. The van der Waals surface area contributed by atoms with Gasteiger partial charge in [0, 0.05) is 42.0 Å². The van der Waals surface area contributed by atoms with Crippen LogP contribution in [0.25, 0.3) is 11.8 Å². The van der Waals surface area contributed by atoms with E-state index in [1.807, 2.05) is 47.4 Å². The fourth-order valence-corrected chi connectivity index (χ4v) is 3.82. The van der Waals surface area contributed by atoms with Crippen molar-refractivity contribution in [2.75, 3.05) is 31.1 Å². The number of anilines is 1. The monoisotopic (exact) mass is 380 g/mol. The Labute approximate surface area is 161 Å². The molecule has 4 rings (SSSR count). The first-order valence-electron chi connectivity index (χ1n) is 8.83. The van der Waals surface area contributed by atoms with Gasteiger partial charge in [-0.05, 0) is 47.7 Å². The molecule has 0 unspecified atom stereocenters. The molecule has 1 fully saturated rings. The number of hydrogen-bond acceptors (Lipinski definition) is 6. The van der Waals surface area contributed by atoms with Gasteiger partial charge in [-0.2, -0.15) is 4.68 Å². The summed E-state index contributed by atoms with van der Waals surface area (Å²) in [5, 5.41) is 12.1. The molecular weight excluding hydrogens is 360 g/mol. The maximum atomic E-state index is 12.4. The van der Waals surface area contributed by atoms with E-state index in [1.165, 1.54) is 4.88 Å². The molecule has 0 radical (unpaired) electrons. The molecule has 7 nitrogen and oxygen atoms in total. The fraction of sp³-hybridized carbons (Fsp3) is 0.263. The molecule has 0 N–H and O–H groups in total. The van der Waals surface area contributed by atoms with Crippen LogP contribution < -0.4 is 4.90 Å². The van der Waals surface area contributed by atoms with E-state index in [-0.39, 0.29) is 5.91 Å². The molecule has 0 saturated carbocycles. The Kier molecular flexibility index (Phi) is 4.97. The van der Waals surface area contributed by atoms with E-state index >= 15 is 0 Å². The molecule has 0 bridgehead atoms. The number of tetrazole rings is 1. The first-order valence-corrected chi connectivity index (χ1v) is 9.64. The summed E-state index contributed by atoms with van der Waals surface area (Å²) in [4.78, 5) is 18.8. The molecule has 2 aromatic heterocycles. The van der Waals surface area contributed by atoms with Crippen molar-refractivity contribution >= 4 is 29.3 Å². The lowest BCUT2D eigenvalue weighted by Crippen LogP contribution is -2.49. The minimum absolute atomic E-state index is 0.0448. The Bertz CT molecular complexity index is 940. The number of hydrogen-bond donors (Lipinski definition) is 0. The van der Waals surface area contributed by atoms with Gasteiger partial charge in [0.2, 0.25) is 11.9 Å². The lowest BCUT2D eigenvalue weighted by molar-refractivity contribution is -0.126. The third kappa shape index (κ3) is 3.90. The normalized spacial score (nSPS) is 14.9. The highest BCUT2D eigenvalue weighted by molar-refractivity contribution is 7.12.